The van der Waals surface area contributed by atoms with Gasteiger partial charge in [-0.3, -0.25) is 33.6 Å². The van der Waals surface area contributed by atoms with Gasteiger partial charge in [-0.25, -0.2) is 14.4 Å². The Labute approximate surface area is 482 Å². The average Bonchev–Trinajstić information content (AvgIpc) is 2.28. The van der Waals surface area contributed by atoms with Crippen LogP contribution in [0.4, 0.5) is 4.79 Å². The van der Waals surface area contributed by atoms with Crippen molar-refractivity contribution < 1.29 is 77.5 Å². The first-order valence-electron chi connectivity index (χ1n) is 26.8. The number of phenols is 1. The molecular formula is C61H64N4O17S. The van der Waals surface area contributed by atoms with E-state index in [1.807, 2.05) is 60.7 Å². The third-order valence-corrected chi connectivity index (χ3v) is 14.0. The fraction of sp³-hybridized carbons (Fsp3) is 0.328. The van der Waals surface area contributed by atoms with Crippen molar-refractivity contribution in [2.45, 2.75) is 114 Å². The van der Waals surface area contributed by atoms with E-state index in [0.29, 0.717) is 58.2 Å². The van der Waals surface area contributed by atoms with Crippen molar-refractivity contribution in [2.75, 3.05) is 6.54 Å². The number of benzene rings is 5. The van der Waals surface area contributed by atoms with Gasteiger partial charge < -0.3 is 55.6 Å². The summed E-state index contributed by atoms with van der Waals surface area (Å²) in [5, 5.41) is 50.1. The van der Waals surface area contributed by atoms with E-state index in [0.717, 1.165) is 11.1 Å². The summed E-state index contributed by atoms with van der Waals surface area (Å²) >= 11 is 5.98. The molecule has 4 amide bonds. The number of thiocarbonyl (C=S) groups is 1. The summed E-state index contributed by atoms with van der Waals surface area (Å²) in [5.74, 6) is -5.37. The monoisotopic (exact) mass is 1160 g/mol. The number of Topliss-reactive ketones (excluding diaryl/α,β-unsaturated/α-hetero) is 1. The van der Waals surface area contributed by atoms with Crippen molar-refractivity contribution in [1.29, 1.82) is 0 Å². The lowest BCUT2D eigenvalue weighted by molar-refractivity contribution is -0.141. The molecule has 8 N–H and O–H groups in total. The zero-order valence-corrected chi connectivity index (χ0v) is 45.9. The van der Waals surface area contributed by atoms with Gasteiger partial charge in [0.15, 0.2) is 11.7 Å². The van der Waals surface area contributed by atoms with Crippen molar-refractivity contribution in [3.05, 3.63) is 148 Å². The Bertz CT molecular complexity index is 3300. The predicted molar refractivity (Wildman–Crippen MR) is 307 cm³/mol. The van der Waals surface area contributed by atoms with Crippen LogP contribution >= 0.6 is 12.2 Å². The first kappa shape index (κ1) is 62.9. The fourth-order valence-electron chi connectivity index (χ4n) is 9.59. The molecule has 1 aliphatic carbocycles. The van der Waals surface area contributed by atoms with Gasteiger partial charge >= 0.3 is 23.9 Å². The van der Waals surface area contributed by atoms with E-state index in [2.05, 4.69) is 26.0 Å². The normalized spacial score (nSPS) is 12.8. The lowest BCUT2D eigenvalue weighted by atomic mass is 9.88. The van der Waals surface area contributed by atoms with E-state index in [9.17, 15) is 63.3 Å². The first-order valence-corrected chi connectivity index (χ1v) is 27.2. The number of urea groups is 1. The number of aromatic hydroxyl groups is 1. The maximum Gasteiger partial charge on any atom is 0.336 e. The summed E-state index contributed by atoms with van der Waals surface area (Å²) in [7, 11) is 0. The second-order valence-corrected chi connectivity index (χ2v) is 20.4. The maximum absolute atomic E-state index is 14.6. The lowest BCUT2D eigenvalue weighted by Crippen LogP contribution is -2.49. The van der Waals surface area contributed by atoms with Crippen molar-refractivity contribution >= 4 is 82.5 Å². The highest BCUT2D eigenvalue weighted by atomic mass is 32.1. The van der Waals surface area contributed by atoms with Crippen molar-refractivity contribution in [3.63, 3.8) is 0 Å². The second kappa shape index (κ2) is 31.6. The summed E-state index contributed by atoms with van der Waals surface area (Å²) in [6.07, 6.45) is -1.24. The van der Waals surface area contributed by atoms with Gasteiger partial charge in [0.2, 0.25) is 11.8 Å². The number of ether oxygens (including phenoxy) is 2. The SMILES string of the molecule is O=CO[C@@H](CCC(=O)NCCCC(=O)CC[C@H](NC(=O)N[C@@H](CCC(=O)O)OC=O)C(=O)O)CCC(Cc1ccccc1)NC(=O)C(CC(=S)Cc1ccc(-c2c3ccc(=O)cc-3oc3cc(O)ccc23)c(C(=O)O)c1)Cc1ccccc1. The zero-order chi connectivity index (χ0) is 59.8. The van der Waals surface area contributed by atoms with Gasteiger partial charge in [-0.15, -0.1) is 0 Å². The molecule has 0 saturated carbocycles. The third kappa shape index (κ3) is 20.0. The van der Waals surface area contributed by atoms with Gasteiger partial charge in [0.05, 0.1) is 12.0 Å². The Hall–Kier alpha value is -9.31. The summed E-state index contributed by atoms with van der Waals surface area (Å²) in [4.78, 5) is 123. The fourth-order valence-corrected chi connectivity index (χ4v) is 9.96. The number of hydrogen-bond donors (Lipinski definition) is 8. The predicted octanol–water partition coefficient (Wildman–Crippen LogP) is 7.32. The number of aromatic carboxylic acids is 1. The molecule has 0 bridgehead atoms. The van der Waals surface area contributed by atoms with E-state index < -0.39 is 60.7 Å². The number of ketones is 1. The van der Waals surface area contributed by atoms with Crippen LogP contribution in [0, 0.1) is 5.92 Å². The molecule has 0 saturated heterocycles. The lowest BCUT2D eigenvalue weighted by Gasteiger charge is -2.25. The smallest absolute Gasteiger partial charge is 0.336 e. The molecule has 1 aliphatic heterocycles. The molecule has 22 heteroatoms. The minimum absolute atomic E-state index is 0.00492. The Morgan fingerprint density at radius 1 is 0.663 bits per heavy atom. The Morgan fingerprint density at radius 3 is 2.04 bits per heavy atom. The van der Waals surface area contributed by atoms with E-state index in [-0.39, 0.29) is 123 Å². The quantitative estimate of drug-likeness (QED) is 0.00635. The van der Waals surface area contributed by atoms with E-state index in [1.165, 1.54) is 24.3 Å². The van der Waals surface area contributed by atoms with Crippen LogP contribution in [-0.2, 0) is 62.3 Å². The van der Waals surface area contributed by atoms with Crippen LogP contribution in [0.5, 0.6) is 5.75 Å². The highest BCUT2D eigenvalue weighted by Gasteiger charge is 2.28. The molecule has 1 heterocycles. The standard InChI is InChI=1S/C61H64N4O17S/c66-35-80-45(19-24-54(71)62-27-7-12-42(68)17-23-51(60(77)78)64-61(79)65-55(81-36-67)25-26-56(72)73)18-14-41(29-38-10-5-2-6-11-38)63-58(74)40(28-37-8-3-1-4-9-37)32-46(83)30-39-13-20-47(50(31-39)59(75)76)57-48-21-15-43(69)33-52(48)82-53-34-44(70)16-22-49(53)57/h1-6,8-11,13,15-16,20-22,31,33-36,40-41,45,51,55,69H,7,12,14,17-19,23-30,32H2,(H,62,71)(H,63,74)(H,72,73)(H,75,76)(H,77,78)(H2,64,65,79)/t40?,41?,45-,51+,55-/m1/s1. The highest BCUT2D eigenvalue weighted by molar-refractivity contribution is 7.80. The maximum atomic E-state index is 14.6. The number of nitrogens with one attached hydrogen (secondary N) is 4. The number of aliphatic carboxylic acids is 2. The van der Waals surface area contributed by atoms with Gasteiger partial charge in [0.1, 0.15) is 35.0 Å². The number of carbonyl (C=O) groups excluding carboxylic acids is 6. The molecular weight excluding hydrogens is 1090 g/mol. The van der Waals surface area contributed by atoms with Crippen molar-refractivity contribution in [1.82, 2.24) is 21.3 Å². The number of rotatable bonds is 35. The summed E-state index contributed by atoms with van der Waals surface area (Å²) in [5.41, 5.74) is 3.66. The molecule has 83 heavy (non-hydrogen) atoms. The van der Waals surface area contributed by atoms with Crippen molar-refractivity contribution in [3.8, 4) is 28.2 Å². The highest BCUT2D eigenvalue weighted by Crippen LogP contribution is 2.42. The van der Waals surface area contributed by atoms with Crippen LogP contribution < -0.4 is 26.7 Å². The van der Waals surface area contributed by atoms with Crippen LogP contribution in [0.3, 0.4) is 0 Å². The Kier molecular flexibility index (Phi) is 24.0. The number of phenolic OH excluding ortho intramolecular Hbond substituents is 1. The van der Waals surface area contributed by atoms with Crippen LogP contribution in [-0.4, -0.2) is 111 Å². The van der Waals surface area contributed by atoms with Gasteiger partial charge in [-0.1, -0.05) is 85.0 Å². The molecule has 0 radical (unpaired) electrons. The molecule has 2 aliphatic rings. The molecule has 4 aromatic rings. The number of carbonyl (C=O) groups is 9. The van der Waals surface area contributed by atoms with Gasteiger partial charge in [0.25, 0.3) is 12.9 Å². The largest absolute Gasteiger partial charge is 0.508 e. The van der Waals surface area contributed by atoms with Crippen LogP contribution in [0.25, 0.3) is 33.4 Å². The Morgan fingerprint density at radius 2 is 1.36 bits per heavy atom. The summed E-state index contributed by atoms with van der Waals surface area (Å²) < 4.78 is 16.0. The van der Waals surface area contributed by atoms with Crippen LogP contribution in [0.1, 0.15) is 97.7 Å². The van der Waals surface area contributed by atoms with Crippen LogP contribution in [0.15, 0.2) is 124 Å². The molecule has 6 rings (SSSR count). The average molecular weight is 1160 g/mol. The topological polar surface area (TPSA) is 331 Å². The second-order valence-electron chi connectivity index (χ2n) is 19.9. The van der Waals surface area contributed by atoms with Gasteiger partial charge in [-0.2, -0.15) is 0 Å². The molecule has 4 aromatic carbocycles. The number of hydrogen-bond acceptors (Lipinski definition) is 15. The van der Waals surface area contributed by atoms with Gasteiger partial charge in [0, 0.05) is 79.3 Å². The number of amides is 4. The zero-order valence-electron chi connectivity index (χ0n) is 45.1. The molecule has 0 spiro atoms. The van der Waals surface area contributed by atoms with E-state index >= 15 is 0 Å². The number of carboxylic acid groups (broad SMARTS) is 3. The van der Waals surface area contributed by atoms with Crippen molar-refractivity contribution in [2.24, 2.45) is 5.92 Å². The molecule has 436 valence electrons. The summed E-state index contributed by atoms with van der Waals surface area (Å²) in [6, 6.07) is 29.6. The molecule has 2 unspecified atom stereocenters. The number of fused-ring (bicyclic) bond motifs is 2. The van der Waals surface area contributed by atoms with E-state index in [1.54, 1.807) is 30.3 Å². The van der Waals surface area contributed by atoms with Crippen LogP contribution in [0.2, 0.25) is 0 Å². The minimum Gasteiger partial charge on any atom is -0.508 e. The van der Waals surface area contributed by atoms with Gasteiger partial charge in [-0.05, 0) is 109 Å². The number of carboxylic acids is 3. The molecule has 5 atom stereocenters. The minimum atomic E-state index is -1.50. The molecule has 0 fully saturated rings. The first-order chi connectivity index (χ1) is 39.9. The Balaban J connectivity index is 1.05. The molecule has 21 nitrogen and oxygen atoms in total. The summed E-state index contributed by atoms with van der Waals surface area (Å²) in [6.45, 7) is 0.417. The third-order valence-electron chi connectivity index (χ3n) is 13.7. The van der Waals surface area contributed by atoms with E-state index in [4.69, 9.17) is 26.5 Å². The molecule has 0 aromatic heterocycles.